The number of hydrogen-bond donors (Lipinski definition) is 1. The number of rotatable bonds is 3. The lowest BCUT2D eigenvalue weighted by Gasteiger charge is -2.27. The van der Waals surface area contributed by atoms with Gasteiger partial charge in [0.15, 0.2) is 0 Å². The molecule has 0 saturated heterocycles. The van der Waals surface area contributed by atoms with Crippen molar-refractivity contribution in [3.63, 3.8) is 0 Å². The van der Waals surface area contributed by atoms with Crippen LogP contribution in [0.3, 0.4) is 0 Å². The Morgan fingerprint density at radius 2 is 2.05 bits per heavy atom. The maximum Gasteiger partial charge on any atom is 0.119 e. The van der Waals surface area contributed by atoms with E-state index < -0.39 is 0 Å². The third-order valence-corrected chi connectivity index (χ3v) is 3.62. The summed E-state index contributed by atoms with van der Waals surface area (Å²) in [4.78, 5) is 0. The van der Waals surface area contributed by atoms with Crippen molar-refractivity contribution in [1.29, 1.82) is 0 Å². The van der Waals surface area contributed by atoms with Gasteiger partial charge in [0.1, 0.15) is 5.75 Å². The highest BCUT2D eigenvalue weighted by Crippen LogP contribution is 2.33. The lowest BCUT2D eigenvalue weighted by atomic mass is 9.93. The molecule has 2 aromatic carbocycles. The molecule has 0 bridgehead atoms. The third kappa shape index (κ3) is 2.58. The Morgan fingerprint density at radius 1 is 1.16 bits per heavy atom. The molecule has 3 rings (SSSR count). The Kier molecular flexibility index (Phi) is 3.41. The van der Waals surface area contributed by atoms with Gasteiger partial charge in [-0.25, -0.2) is 0 Å². The van der Waals surface area contributed by atoms with Crippen LogP contribution in [0.5, 0.6) is 5.75 Å². The van der Waals surface area contributed by atoms with Gasteiger partial charge in [-0.3, -0.25) is 0 Å². The zero-order valence-electron chi connectivity index (χ0n) is 11.2. The molecule has 1 atom stereocenters. The van der Waals surface area contributed by atoms with Crippen molar-refractivity contribution in [3.8, 4) is 5.75 Å². The van der Waals surface area contributed by atoms with Crippen molar-refractivity contribution in [2.75, 3.05) is 11.9 Å². The van der Waals surface area contributed by atoms with E-state index in [0.29, 0.717) is 12.6 Å². The number of fused-ring (bicyclic) bond motifs is 1. The minimum absolute atomic E-state index is 0.385. The third-order valence-electron chi connectivity index (χ3n) is 3.62. The minimum Gasteiger partial charge on any atom is -0.494 e. The highest BCUT2D eigenvalue weighted by atomic mass is 16.5. The SMILES string of the molecule is CCOc1cccc(C2CCc3ccccc3N2)c1. The molecule has 1 aliphatic heterocycles. The van der Waals surface area contributed by atoms with Gasteiger partial charge in [0.2, 0.25) is 0 Å². The Bertz CT molecular complexity index is 565. The Labute approximate surface area is 114 Å². The van der Waals surface area contributed by atoms with Crippen LogP contribution >= 0.6 is 0 Å². The van der Waals surface area contributed by atoms with Gasteiger partial charge >= 0.3 is 0 Å². The van der Waals surface area contributed by atoms with Gasteiger partial charge in [0.05, 0.1) is 12.6 Å². The normalized spacial score (nSPS) is 17.4. The lowest BCUT2D eigenvalue weighted by Crippen LogP contribution is -2.17. The van der Waals surface area contributed by atoms with Crippen LogP contribution in [0.15, 0.2) is 48.5 Å². The van der Waals surface area contributed by atoms with Crippen LogP contribution in [0, 0.1) is 0 Å². The summed E-state index contributed by atoms with van der Waals surface area (Å²) in [5.41, 5.74) is 3.99. The topological polar surface area (TPSA) is 21.3 Å². The van der Waals surface area contributed by atoms with E-state index in [1.807, 2.05) is 13.0 Å². The van der Waals surface area contributed by atoms with Gasteiger partial charge in [-0.1, -0.05) is 30.3 Å². The second-order valence-corrected chi connectivity index (χ2v) is 4.90. The number of anilines is 1. The van der Waals surface area contributed by atoms with Crippen molar-refractivity contribution < 1.29 is 4.74 Å². The number of ether oxygens (including phenoxy) is 1. The first-order valence-electron chi connectivity index (χ1n) is 6.94. The lowest BCUT2D eigenvalue weighted by molar-refractivity contribution is 0.339. The summed E-state index contributed by atoms with van der Waals surface area (Å²) in [6.45, 7) is 2.73. The second kappa shape index (κ2) is 5.35. The molecule has 0 spiro atoms. The largest absolute Gasteiger partial charge is 0.494 e. The van der Waals surface area contributed by atoms with Gasteiger partial charge < -0.3 is 10.1 Å². The van der Waals surface area contributed by atoms with Crippen molar-refractivity contribution in [3.05, 3.63) is 59.7 Å². The summed E-state index contributed by atoms with van der Waals surface area (Å²) in [5, 5.41) is 3.63. The molecule has 2 aromatic rings. The molecule has 1 heterocycles. The molecule has 1 unspecified atom stereocenters. The fourth-order valence-corrected chi connectivity index (χ4v) is 2.68. The molecule has 0 radical (unpaired) electrons. The quantitative estimate of drug-likeness (QED) is 0.885. The molecule has 98 valence electrons. The number of nitrogens with one attached hydrogen (secondary N) is 1. The second-order valence-electron chi connectivity index (χ2n) is 4.90. The molecule has 0 amide bonds. The first-order valence-corrected chi connectivity index (χ1v) is 6.94. The predicted molar refractivity (Wildman–Crippen MR) is 78.7 cm³/mol. The number of benzene rings is 2. The maximum absolute atomic E-state index is 5.58. The minimum atomic E-state index is 0.385. The Hall–Kier alpha value is -1.96. The average molecular weight is 253 g/mol. The maximum atomic E-state index is 5.58. The van der Waals surface area contributed by atoms with Gasteiger partial charge in [-0.2, -0.15) is 0 Å². The van der Waals surface area contributed by atoms with Crippen molar-refractivity contribution in [2.24, 2.45) is 0 Å². The van der Waals surface area contributed by atoms with Gasteiger partial charge in [0.25, 0.3) is 0 Å². The summed E-state index contributed by atoms with van der Waals surface area (Å²) in [5.74, 6) is 0.959. The van der Waals surface area contributed by atoms with Crippen LogP contribution in [0.4, 0.5) is 5.69 Å². The smallest absolute Gasteiger partial charge is 0.119 e. The molecular formula is C17H19NO. The summed E-state index contributed by atoms with van der Waals surface area (Å²) < 4.78 is 5.58. The van der Waals surface area contributed by atoms with Crippen LogP contribution < -0.4 is 10.1 Å². The zero-order chi connectivity index (χ0) is 13.1. The summed E-state index contributed by atoms with van der Waals surface area (Å²) in [7, 11) is 0. The number of para-hydroxylation sites is 1. The standard InChI is InChI=1S/C17H19NO/c1-2-19-15-8-5-7-14(12-15)17-11-10-13-6-3-4-9-16(13)18-17/h3-9,12,17-18H,2,10-11H2,1H3. The summed E-state index contributed by atoms with van der Waals surface area (Å²) in [6, 6.07) is 17.4. The molecule has 1 N–H and O–H groups in total. The van der Waals surface area contributed by atoms with Crippen molar-refractivity contribution in [1.82, 2.24) is 0 Å². The predicted octanol–water partition coefficient (Wildman–Crippen LogP) is 4.18. The molecule has 0 saturated carbocycles. The fourth-order valence-electron chi connectivity index (χ4n) is 2.68. The van der Waals surface area contributed by atoms with Crippen LogP contribution in [-0.4, -0.2) is 6.61 Å². The molecule has 2 nitrogen and oxygen atoms in total. The molecule has 0 aromatic heterocycles. The molecule has 19 heavy (non-hydrogen) atoms. The van der Waals surface area contributed by atoms with Gasteiger partial charge in [0, 0.05) is 5.69 Å². The molecule has 1 aliphatic rings. The van der Waals surface area contributed by atoms with Crippen LogP contribution in [-0.2, 0) is 6.42 Å². The van der Waals surface area contributed by atoms with E-state index >= 15 is 0 Å². The summed E-state index contributed by atoms with van der Waals surface area (Å²) >= 11 is 0. The van der Waals surface area contributed by atoms with E-state index in [2.05, 4.69) is 47.8 Å². The van der Waals surface area contributed by atoms with E-state index in [0.717, 1.165) is 18.6 Å². The Balaban J connectivity index is 1.82. The Morgan fingerprint density at radius 3 is 2.95 bits per heavy atom. The first kappa shape index (κ1) is 12.1. The average Bonchev–Trinajstić information content (AvgIpc) is 2.47. The van der Waals surface area contributed by atoms with Gasteiger partial charge in [-0.15, -0.1) is 0 Å². The number of hydrogen-bond acceptors (Lipinski definition) is 2. The molecule has 2 heteroatoms. The summed E-state index contributed by atoms with van der Waals surface area (Å²) in [6.07, 6.45) is 2.26. The first-order chi connectivity index (χ1) is 9.36. The highest BCUT2D eigenvalue weighted by Gasteiger charge is 2.18. The number of aryl methyl sites for hydroxylation is 1. The van der Waals surface area contributed by atoms with E-state index in [1.54, 1.807) is 0 Å². The molecular weight excluding hydrogens is 234 g/mol. The van der Waals surface area contributed by atoms with Crippen molar-refractivity contribution in [2.45, 2.75) is 25.8 Å². The van der Waals surface area contributed by atoms with Crippen LogP contribution in [0.1, 0.15) is 30.5 Å². The van der Waals surface area contributed by atoms with Crippen LogP contribution in [0.25, 0.3) is 0 Å². The molecule has 0 fully saturated rings. The van der Waals surface area contributed by atoms with E-state index in [-0.39, 0.29) is 0 Å². The van der Waals surface area contributed by atoms with Crippen LogP contribution in [0.2, 0.25) is 0 Å². The molecule has 0 aliphatic carbocycles. The van der Waals surface area contributed by atoms with Gasteiger partial charge in [-0.05, 0) is 49.1 Å². The van der Waals surface area contributed by atoms with E-state index in [1.165, 1.54) is 16.8 Å². The van der Waals surface area contributed by atoms with Crippen molar-refractivity contribution >= 4 is 5.69 Å². The zero-order valence-corrected chi connectivity index (χ0v) is 11.2. The monoisotopic (exact) mass is 253 g/mol. The van der Waals surface area contributed by atoms with E-state index in [9.17, 15) is 0 Å². The van der Waals surface area contributed by atoms with E-state index in [4.69, 9.17) is 4.74 Å². The highest BCUT2D eigenvalue weighted by molar-refractivity contribution is 5.55. The fraction of sp³-hybridized carbons (Fsp3) is 0.294.